The van der Waals surface area contributed by atoms with E-state index >= 15 is 0 Å². The predicted molar refractivity (Wildman–Crippen MR) is 104 cm³/mol. The number of rotatable bonds is 7. The van der Waals surface area contributed by atoms with E-state index in [9.17, 15) is 9.00 Å². The molecule has 0 saturated carbocycles. The molecule has 1 heterocycles. The zero-order chi connectivity index (χ0) is 19.9. The Kier molecular flexibility index (Phi) is 6.27. The SMILES string of the molecule is N#Cc1ccc(S(=O)N(Cc2ccc(C(=O)O)cc2)Cc2cccnc2)cc1. The number of carboxylic acid groups (broad SMARTS) is 1. The minimum atomic E-state index is -1.47. The van der Waals surface area contributed by atoms with Crippen molar-refractivity contribution in [3.8, 4) is 6.07 Å². The number of hydrogen-bond donors (Lipinski definition) is 1. The highest BCUT2D eigenvalue weighted by atomic mass is 32.2. The van der Waals surface area contributed by atoms with E-state index in [2.05, 4.69) is 4.98 Å². The van der Waals surface area contributed by atoms with Crippen molar-refractivity contribution in [2.24, 2.45) is 0 Å². The fourth-order valence-electron chi connectivity index (χ4n) is 2.62. The van der Waals surface area contributed by atoms with Gasteiger partial charge in [0, 0.05) is 25.5 Å². The quantitative estimate of drug-likeness (QED) is 0.666. The molecule has 3 aromatic rings. The molecule has 0 bridgehead atoms. The molecule has 0 fully saturated rings. The van der Waals surface area contributed by atoms with Crippen molar-refractivity contribution in [2.45, 2.75) is 18.0 Å². The van der Waals surface area contributed by atoms with Gasteiger partial charge in [-0.1, -0.05) is 18.2 Å². The maximum atomic E-state index is 13.2. The first-order valence-corrected chi connectivity index (χ1v) is 9.55. The number of hydrogen-bond acceptors (Lipinski definition) is 4. The summed E-state index contributed by atoms with van der Waals surface area (Å²) in [5, 5.41) is 18.0. The first-order valence-electron chi connectivity index (χ1n) is 8.45. The summed E-state index contributed by atoms with van der Waals surface area (Å²) < 4.78 is 14.9. The van der Waals surface area contributed by atoms with Gasteiger partial charge >= 0.3 is 5.97 Å². The average Bonchev–Trinajstić information content (AvgIpc) is 2.74. The summed E-state index contributed by atoms with van der Waals surface area (Å²) in [6, 6.07) is 18.9. The molecule has 1 unspecified atom stereocenters. The van der Waals surface area contributed by atoms with Crippen LogP contribution in [0.4, 0.5) is 0 Å². The Bertz CT molecular complexity index is 1010. The molecule has 7 heteroatoms. The highest BCUT2D eigenvalue weighted by Gasteiger charge is 2.17. The third-order valence-corrected chi connectivity index (χ3v) is 5.46. The van der Waals surface area contributed by atoms with Gasteiger partial charge in [0.25, 0.3) is 0 Å². The Labute approximate surface area is 165 Å². The number of pyridine rings is 1. The summed E-state index contributed by atoms with van der Waals surface area (Å²) in [7, 11) is -1.47. The number of benzene rings is 2. The molecule has 28 heavy (non-hydrogen) atoms. The van der Waals surface area contributed by atoms with Gasteiger partial charge in [0.15, 0.2) is 0 Å². The topological polar surface area (TPSA) is 94.3 Å². The number of aromatic nitrogens is 1. The Hall–Kier alpha value is -3.34. The van der Waals surface area contributed by atoms with Crippen molar-refractivity contribution in [3.63, 3.8) is 0 Å². The second-order valence-corrected chi connectivity index (χ2v) is 7.53. The molecular weight excluding hydrogens is 374 g/mol. The molecule has 0 saturated heterocycles. The van der Waals surface area contributed by atoms with Gasteiger partial charge in [-0.3, -0.25) is 4.98 Å². The number of carboxylic acids is 1. The van der Waals surface area contributed by atoms with E-state index in [1.807, 2.05) is 18.2 Å². The predicted octanol–water partition coefficient (Wildman–Crippen LogP) is 3.38. The van der Waals surface area contributed by atoms with Crippen LogP contribution in [0, 0.1) is 11.3 Å². The minimum absolute atomic E-state index is 0.204. The molecule has 140 valence electrons. The lowest BCUT2D eigenvalue weighted by Crippen LogP contribution is -2.25. The van der Waals surface area contributed by atoms with Crippen LogP contribution in [0.1, 0.15) is 27.0 Å². The van der Waals surface area contributed by atoms with Gasteiger partial charge in [-0.25, -0.2) is 13.3 Å². The molecule has 1 aromatic heterocycles. The van der Waals surface area contributed by atoms with Gasteiger partial charge < -0.3 is 5.11 Å². The van der Waals surface area contributed by atoms with E-state index in [0.717, 1.165) is 11.1 Å². The molecule has 1 N–H and O–H groups in total. The van der Waals surface area contributed by atoms with Crippen LogP contribution in [-0.4, -0.2) is 24.6 Å². The largest absolute Gasteiger partial charge is 0.478 e. The van der Waals surface area contributed by atoms with Gasteiger partial charge in [0.1, 0.15) is 11.0 Å². The fourth-order valence-corrected chi connectivity index (χ4v) is 3.82. The van der Waals surface area contributed by atoms with Crippen LogP contribution in [0.5, 0.6) is 0 Å². The molecule has 0 aliphatic carbocycles. The van der Waals surface area contributed by atoms with E-state index < -0.39 is 17.0 Å². The minimum Gasteiger partial charge on any atom is -0.478 e. The van der Waals surface area contributed by atoms with Crippen molar-refractivity contribution in [2.75, 3.05) is 0 Å². The van der Waals surface area contributed by atoms with E-state index in [4.69, 9.17) is 10.4 Å². The van der Waals surface area contributed by atoms with Crippen molar-refractivity contribution < 1.29 is 14.1 Å². The number of nitrogens with zero attached hydrogens (tertiary/aromatic N) is 3. The van der Waals surface area contributed by atoms with Crippen molar-refractivity contribution in [3.05, 3.63) is 95.3 Å². The summed E-state index contributed by atoms with van der Waals surface area (Å²) in [6.45, 7) is 0.766. The Morgan fingerprint density at radius 3 is 2.29 bits per heavy atom. The third kappa shape index (κ3) is 4.88. The van der Waals surface area contributed by atoms with Crippen molar-refractivity contribution in [1.82, 2.24) is 9.29 Å². The van der Waals surface area contributed by atoms with Crippen LogP contribution in [0.2, 0.25) is 0 Å². The van der Waals surface area contributed by atoms with E-state index in [0.29, 0.717) is 23.5 Å². The second kappa shape index (κ2) is 9.04. The standard InChI is InChI=1S/C21H17N3O3S/c22-12-16-5-9-20(10-6-16)28(27)24(15-18-2-1-11-23-13-18)14-17-3-7-19(8-4-17)21(25)26/h1-11,13H,14-15H2,(H,25,26). The first-order chi connectivity index (χ1) is 13.6. The van der Waals surface area contributed by atoms with Gasteiger partial charge in [0.05, 0.1) is 22.1 Å². The lowest BCUT2D eigenvalue weighted by atomic mass is 10.1. The molecule has 2 aromatic carbocycles. The van der Waals surface area contributed by atoms with E-state index in [1.54, 1.807) is 53.1 Å². The Morgan fingerprint density at radius 1 is 1.04 bits per heavy atom. The Morgan fingerprint density at radius 2 is 1.71 bits per heavy atom. The zero-order valence-electron chi connectivity index (χ0n) is 14.9. The Balaban J connectivity index is 1.86. The summed E-state index contributed by atoms with van der Waals surface area (Å²) in [6.07, 6.45) is 3.40. The molecule has 3 rings (SSSR count). The normalized spacial score (nSPS) is 11.7. The highest BCUT2D eigenvalue weighted by molar-refractivity contribution is 7.82. The average molecular weight is 391 g/mol. The lowest BCUT2D eigenvalue weighted by Gasteiger charge is -2.21. The first kappa shape index (κ1) is 19.4. The summed E-state index contributed by atoms with van der Waals surface area (Å²) >= 11 is 0. The zero-order valence-corrected chi connectivity index (χ0v) is 15.7. The third-order valence-electron chi connectivity index (χ3n) is 4.06. The molecule has 0 aliphatic rings. The maximum absolute atomic E-state index is 13.2. The van der Waals surface area contributed by atoms with Crippen LogP contribution in [0.15, 0.2) is 78.0 Å². The van der Waals surface area contributed by atoms with Crippen molar-refractivity contribution in [1.29, 1.82) is 5.26 Å². The molecular formula is C21H17N3O3S. The molecule has 0 amide bonds. The lowest BCUT2D eigenvalue weighted by molar-refractivity contribution is 0.0697. The van der Waals surface area contributed by atoms with E-state index in [-0.39, 0.29) is 5.56 Å². The fraction of sp³-hybridized carbons (Fsp3) is 0.0952. The van der Waals surface area contributed by atoms with Crippen molar-refractivity contribution >= 4 is 17.0 Å². The highest BCUT2D eigenvalue weighted by Crippen LogP contribution is 2.18. The second-order valence-electron chi connectivity index (χ2n) is 6.05. The molecule has 0 aliphatic heterocycles. The molecule has 6 nitrogen and oxygen atoms in total. The van der Waals surface area contributed by atoms with Crippen LogP contribution >= 0.6 is 0 Å². The van der Waals surface area contributed by atoms with Gasteiger partial charge in [-0.2, -0.15) is 5.26 Å². The molecule has 0 radical (unpaired) electrons. The van der Waals surface area contributed by atoms with Crippen LogP contribution < -0.4 is 0 Å². The van der Waals surface area contributed by atoms with Gasteiger partial charge in [-0.05, 0) is 53.6 Å². The van der Waals surface area contributed by atoms with Crippen LogP contribution in [0.3, 0.4) is 0 Å². The summed E-state index contributed by atoms with van der Waals surface area (Å²) in [5.74, 6) is -0.986. The summed E-state index contributed by atoms with van der Waals surface area (Å²) in [4.78, 5) is 15.7. The summed E-state index contributed by atoms with van der Waals surface area (Å²) in [5.41, 5.74) is 2.46. The van der Waals surface area contributed by atoms with E-state index in [1.165, 1.54) is 12.1 Å². The van der Waals surface area contributed by atoms with Crippen LogP contribution in [-0.2, 0) is 24.1 Å². The number of aromatic carboxylic acids is 1. The number of nitriles is 1. The van der Waals surface area contributed by atoms with Crippen LogP contribution in [0.25, 0.3) is 0 Å². The monoisotopic (exact) mass is 391 g/mol. The van der Waals surface area contributed by atoms with Gasteiger partial charge in [0.2, 0.25) is 0 Å². The smallest absolute Gasteiger partial charge is 0.335 e. The molecule has 0 spiro atoms. The molecule has 1 atom stereocenters. The maximum Gasteiger partial charge on any atom is 0.335 e. The van der Waals surface area contributed by atoms with Gasteiger partial charge in [-0.15, -0.1) is 0 Å². The number of carbonyl (C=O) groups is 1.